The summed E-state index contributed by atoms with van der Waals surface area (Å²) in [6.07, 6.45) is 1.12. The smallest absolute Gasteiger partial charge is 0.255 e. The summed E-state index contributed by atoms with van der Waals surface area (Å²) in [6, 6.07) is 9.90. The number of piperidine rings is 1. The molecule has 0 saturated carbocycles. The first-order chi connectivity index (χ1) is 12.8. The molecule has 3 rings (SSSR count). The fraction of sp³-hybridized carbons (Fsp3) is 0.350. The van der Waals surface area contributed by atoms with Gasteiger partial charge in [-0.15, -0.1) is 0 Å². The number of hydrogen-bond acceptors (Lipinski definition) is 4. The molecule has 2 atom stereocenters. The molecular formula is C20H23ClN4O2. The summed E-state index contributed by atoms with van der Waals surface area (Å²) >= 11 is 5.88. The Kier molecular flexibility index (Phi) is 5.65. The fourth-order valence-electron chi connectivity index (χ4n) is 3.62. The lowest BCUT2D eigenvalue weighted by Crippen LogP contribution is -2.42. The van der Waals surface area contributed by atoms with Gasteiger partial charge in [-0.3, -0.25) is 9.59 Å². The minimum absolute atomic E-state index is 0.0726. The van der Waals surface area contributed by atoms with Crippen LogP contribution in [-0.2, 0) is 0 Å². The summed E-state index contributed by atoms with van der Waals surface area (Å²) in [5.74, 6) is 0.610. The first-order valence-electron chi connectivity index (χ1n) is 8.96. The highest BCUT2D eigenvalue weighted by molar-refractivity contribution is 6.30. The lowest BCUT2D eigenvalue weighted by atomic mass is 9.91. The van der Waals surface area contributed by atoms with E-state index in [2.05, 4.69) is 24.1 Å². The van der Waals surface area contributed by atoms with Crippen LogP contribution in [0.25, 0.3) is 0 Å². The molecule has 0 spiro atoms. The van der Waals surface area contributed by atoms with Crippen LogP contribution in [-0.4, -0.2) is 34.8 Å². The second-order valence-corrected chi connectivity index (χ2v) is 7.65. The number of anilines is 2. The molecule has 27 heavy (non-hydrogen) atoms. The third kappa shape index (κ3) is 4.57. The highest BCUT2D eigenvalue weighted by atomic mass is 35.5. The molecule has 1 aromatic carbocycles. The Balaban J connectivity index is 1.83. The number of carbonyl (C=O) groups is 2. The zero-order valence-corrected chi connectivity index (χ0v) is 16.2. The van der Waals surface area contributed by atoms with E-state index in [9.17, 15) is 9.59 Å². The summed E-state index contributed by atoms with van der Waals surface area (Å²) in [6.45, 7) is 5.76. The summed E-state index contributed by atoms with van der Waals surface area (Å²) in [7, 11) is 0. The second kappa shape index (κ2) is 7.96. The van der Waals surface area contributed by atoms with E-state index in [1.54, 1.807) is 24.3 Å². The third-order valence-electron chi connectivity index (χ3n) is 4.64. The molecule has 0 bridgehead atoms. The Hall–Kier alpha value is -2.60. The molecule has 0 aliphatic carbocycles. The Labute approximate surface area is 163 Å². The van der Waals surface area contributed by atoms with E-state index in [-0.39, 0.29) is 22.4 Å². The summed E-state index contributed by atoms with van der Waals surface area (Å²) in [5.41, 5.74) is 6.88. The molecule has 6 nitrogen and oxygen atoms in total. The Morgan fingerprint density at radius 3 is 2.52 bits per heavy atom. The van der Waals surface area contributed by atoms with Gasteiger partial charge in [0.15, 0.2) is 0 Å². The van der Waals surface area contributed by atoms with Crippen molar-refractivity contribution in [1.82, 2.24) is 9.88 Å². The van der Waals surface area contributed by atoms with E-state index in [0.29, 0.717) is 23.1 Å². The number of benzene rings is 1. The number of rotatable bonds is 3. The van der Waals surface area contributed by atoms with Crippen molar-refractivity contribution in [3.63, 3.8) is 0 Å². The van der Waals surface area contributed by atoms with Gasteiger partial charge in [-0.2, -0.15) is 0 Å². The van der Waals surface area contributed by atoms with E-state index in [4.69, 9.17) is 17.3 Å². The summed E-state index contributed by atoms with van der Waals surface area (Å²) < 4.78 is 0. The maximum atomic E-state index is 13.1. The van der Waals surface area contributed by atoms with Crippen molar-refractivity contribution in [2.75, 3.05) is 24.1 Å². The van der Waals surface area contributed by atoms with Gasteiger partial charge in [0.25, 0.3) is 11.8 Å². The SMILES string of the molecule is C[C@@H]1C[C@@H](C)CN(C(=O)c2ccccc2NC(=O)c2cc(N)nc(Cl)c2)C1. The highest BCUT2D eigenvalue weighted by Gasteiger charge is 2.27. The second-order valence-electron chi connectivity index (χ2n) is 7.26. The van der Waals surface area contributed by atoms with Gasteiger partial charge in [-0.05, 0) is 42.5 Å². The van der Waals surface area contributed by atoms with E-state index in [1.165, 1.54) is 12.1 Å². The molecule has 0 radical (unpaired) electrons. The van der Waals surface area contributed by atoms with Crippen LogP contribution in [0.5, 0.6) is 0 Å². The molecule has 7 heteroatoms. The maximum absolute atomic E-state index is 13.1. The standard InChI is InChI=1S/C20H23ClN4O2/c1-12-7-13(2)11-25(10-12)20(27)15-5-3-4-6-16(15)23-19(26)14-8-17(21)24-18(22)9-14/h3-6,8-9,12-13H,7,10-11H2,1-2H3,(H2,22,24)(H,23,26)/t12-,13-/m1/s1. The van der Waals surface area contributed by atoms with Crippen LogP contribution in [0.3, 0.4) is 0 Å². The predicted octanol–water partition coefficient (Wildman–Crippen LogP) is 3.69. The predicted molar refractivity (Wildman–Crippen MR) is 107 cm³/mol. The van der Waals surface area contributed by atoms with Crippen molar-refractivity contribution >= 4 is 34.9 Å². The van der Waals surface area contributed by atoms with Crippen LogP contribution in [0.2, 0.25) is 5.15 Å². The Morgan fingerprint density at radius 1 is 1.19 bits per heavy atom. The molecule has 1 aliphatic heterocycles. The molecule has 2 aromatic rings. The number of aromatic nitrogens is 1. The van der Waals surface area contributed by atoms with Gasteiger partial charge >= 0.3 is 0 Å². The Bertz CT molecular complexity index is 841. The minimum atomic E-state index is -0.397. The monoisotopic (exact) mass is 386 g/mol. The van der Waals surface area contributed by atoms with Gasteiger partial charge in [-0.1, -0.05) is 37.6 Å². The number of nitrogens with two attached hydrogens (primary N) is 1. The number of hydrogen-bond donors (Lipinski definition) is 2. The topological polar surface area (TPSA) is 88.3 Å². The van der Waals surface area contributed by atoms with Crippen LogP contribution in [0.15, 0.2) is 36.4 Å². The number of carbonyl (C=O) groups excluding carboxylic acids is 2. The molecular weight excluding hydrogens is 364 g/mol. The van der Waals surface area contributed by atoms with Crippen molar-refractivity contribution in [3.05, 3.63) is 52.7 Å². The molecule has 1 aromatic heterocycles. The quantitative estimate of drug-likeness (QED) is 0.787. The number of halogens is 1. The minimum Gasteiger partial charge on any atom is -0.384 e. The van der Waals surface area contributed by atoms with Crippen molar-refractivity contribution in [2.24, 2.45) is 11.8 Å². The average Bonchev–Trinajstić information content (AvgIpc) is 2.60. The van der Waals surface area contributed by atoms with Crippen molar-refractivity contribution in [3.8, 4) is 0 Å². The van der Waals surface area contributed by atoms with Crippen LogP contribution >= 0.6 is 11.6 Å². The average molecular weight is 387 g/mol. The summed E-state index contributed by atoms with van der Waals surface area (Å²) in [5, 5.41) is 2.93. The normalized spacial score (nSPS) is 19.6. The molecule has 3 N–H and O–H groups in total. The van der Waals surface area contributed by atoms with Gasteiger partial charge in [0.05, 0.1) is 11.3 Å². The largest absolute Gasteiger partial charge is 0.384 e. The third-order valence-corrected chi connectivity index (χ3v) is 4.83. The van der Waals surface area contributed by atoms with Gasteiger partial charge in [0.1, 0.15) is 11.0 Å². The maximum Gasteiger partial charge on any atom is 0.255 e. The number of nitrogens with zero attached hydrogens (tertiary/aromatic N) is 2. The van der Waals surface area contributed by atoms with Gasteiger partial charge in [0, 0.05) is 18.7 Å². The lowest BCUT2D eigenvalue weighted by Gasteiger charge is -2.35. The van der Waals surface area contributed by atoms with Crippen molar-refractivity contribution in [1.29, 1.82) is 0 Å². The fourth-order valence-corrected chi connectivity index (χ4v) is 3.84. The van der Waals surface area contributed by atoms with Crippen LogP contribution in [0.4, 0.5) is 11.5 Å². The lowest BCUT2D eigenvalue weighted by molar-refractivity contribution is 0.0624. The molecule has 2 amide bonds. The summed E-state index contributed by atoms with van der Waals surface area (Å²) in [4.78, 5) is 31.4. The van der Waals surface area contributed by atoms with E-state index >= 15 is 0 Å². The van der Waals surface area contributed by atoms with Gasteiger partial charge in [0.2, 0.25) is 0 Å². The van der Waals surface area contributed by atoms with Gasteiger partial charge < -0.3 is 16.0 Å². The number of nitrogens with one attached hydrogen (secondary N) is 1. The van der Waals surface area contributed by atoms with Crippen LogP contribution in [0.1, 0.15) is 41.0 Å². The number of para-hydroxylation sites is 1. The van der Waals surface area contributed by atoms with E-state index < -0.39 is 5.91 Å². The molecule has 2 heterocycles. The van der Waals surface area contributed by atoms with Crippen LogP contribution < -0.4 is 11.1 Å². The Morgan fingerprint density at radius 2 is 1.85 bits per heavy atom. The molecule has 1 saturated heterocycles. The molecule has 1 fully saturated rings. The van der Waals surface area contributed by atoms with Crippen LogP contribution in [0, 0.1) is 11.8 Å². The zero-order chi connectivity index (χ0) is 19.6. The van der Waals surface area contributed by atoms with Crippen molar-refractivity contribution < 1.29 is 9.59 Å². The molecule has 0 unspecified atom stereocenters. The van der Waals surface area contributed by atoms with E-state index in [0.717, 1.165) is 19.5 Å². The zero-order valence-electron chi connectivity index (χ0n) is 15.4. The number of nitrogen functional groups attached to an aromatic ring is 1. The van der Waals surface area contributed by atoms with Crippen molar-refractivity contribution in [2.45, 2.75) is 20.3 Å². The number of pyridine rings is 1. The number of likely N-dealkylation sites (tertiary alicyclic amines) is 1. The molecule has 142 valence electrons. The van der Waals surface area contributed by atoms with Gasteiger partial charge in [-0.25, -0.2) is 4.98 Å². The number of amides is 2. The van der Waals surface area contributed by atoms with E-state index in [1.807, 2.05) is 4.90 Å². The first-order valence-corrected chi connectivity index (χ1v) is 9.34. The molecule has 1 aliphatic rings. The highest BCUT2D eigenvalue weighted by Crippen LogP contribution is 2.25. The first kappa shape index (κ1) is 19.2.